The Morgan fingerprint density at radius 3 is 1.82 bits per heavy atom. The Morgan fingerprint density at radius 1 is 0.750 bits per heavy atom. The first-order valence-electron chi connectivity index (χ1n) is 13.1. The van der Waals surface area contributed by atoms with E-state index in [0.717, 1.165) is 47.3 Å². The van der Waals surface area contributed by atoms with E-state index in [1.807, 2.05) is 0 Å². The van der Waals surface area contributed by atoms with Crippen LogP contribution in [0.3, 0.4) is 0 Å². The molecule has 1 saturated carbocycles. The van der Waals surface area contributed by atoms with E-state index in [1.54, 1.807) is 0 Å². The minimum Gasteiger partial charge on any atom is -0.0651 e. The Bertz CT molecular complexity index is 337. The fourth-order valence-corrected chi connectivity index (χ4v) is 5.49. The van der Waals surface area contributed by atoms with Crippen LogP contribution >= 0.6 is 0 Å². The first-order valence-corrected chi connectivity index (χ1v) is 13.1. The second-order valence-electron chi connectivity index (χ2n) is 11.5. The molecule has 0 radical (unpaired) electrons. The molecule has 0 aliphatic heterocycles. The molecule has 0 nitrogen and oxygen atoms in total. The molecule has 0 bridgehead atoms. The van der Waals surface area contributed by atoms with E-state index in [4.69, 9.17) is 0 Å². The zero-order chi connectivity index (χ0) is 21.7. The number of hydrogen-bond acceptors (Lipinski definition) is 0. The second kappa shape index (κ2) is 15.8. The van der Waals surface area contributed by atoms with Gasteiger partial charge in [-0.2, -0.15) is 0 Å². The monoisotopic (exact) mass is 394 g/mol. The lowest BCUT2D eigenvalue weighted by Crippen LogP contribution is -2.23. The van der Waals surface area contributed by atoms with Crippen LogP contribution in [0.2, 0.25) is 0 Å². The zero-order valence-corrected chi connectivity index (χ0v) is 21.7. The molecular weight excluding hydrogens is 336 g/mol. The number of rotatable bonds is 12. The molecule has 1 fully saturated rings. The predicted molar refractivity (Wildman–Crippen MR) is 131 cm³/mol. The third-order valence-electron chi connectivity index (χ3n) is 7.31. The van der Waals surface area contributed by atoms with Crippen molar-refractivity contribution in [2.45, 2.75) is 133 Å². The molecule has 5 unspecified atom stereocenters. The van der Waals surface area contributed by atoms with Crippen molar-refractivity contribution in [3.8, 4) is 0 Å². The molecule has 1 aliphatic carbocycles. The molecule has 1 aliphatic rings. The van der Waals surface area contributed by atoms with E-state index in [2.05, 4.69) is 69.2 Å². The van der Waals surface area contributed by atoms with Gasteiger partial charge >= 0.3 is 0 Å². The van der Waals surface area contributed by atoms with Gasteiger partial charge in [-0.15, -0.1) is 0 Å². The van der Waals surface area contributed by atoms with E-state index in [1.165, 1.54) is 64.2 Å². The van der Waals surface area contributed by atoms with Crippen LogP contribution in [0.15, 0.2) is 0 Å². The van der Waals surface area contributed by atoms with Crippen LogP contribution in [-0.4, -0.2) is 0 Å². The van der Waals surface area contributed by atoms with E-state index in [9.17, 15) is 0 Å². The van der Waals surface area contributed by atoms with E-state index >= 15 is 0 Å². The summed E-state index contributed by atoms with van der Waals surface area (Å²) in [7, 11) is 0. The van der Waals surface area contributed by atoms with Crippen molar-refractivity contribution in [3.05, 3.63) is 0 Å². The van der Waals surface area contributed by atoms with Crippen molar-refractivity contribution in [1.82, 2.24) is 0 Å². The third kappa shape index (κ3) is 11.9. The molecule has 0 aromatic carbocycles. The Morgan fingerprint density at radius 2 is 1.36 bits per heavy atom. The van der Waals surface area contributed by atoms with Crippen LogP contribution in [0.5, 0.6) is 0 Å². The summed E-state index contributed by atoms with van der Waals surface area (Å²) in [5.41, 5.74) is 0. The van der Waals surface area contributed by atoms with Gasteiger partial charge in [-0.25, -0.2) is 0 Å². The molecule has 0 heteroatoms. The van der Waals surface area contributed by atoms with Crippen LogP contribution in [0, 0.1) is 47.3 Å². The van der Waals surface area contributed by atoms with Gasteiger partial charge in [0.2, 0.25) is 0 Å². The van der Waals surface area contributed by atoms with Crippen molar-refractivity contribution in [1.29, 1.82) is 0 Å². The van der Waals surface area contributed by atoms with Gasteiger partial charge in [0.15, 0.2) is 0 Å². The maximum Gasteiger partial charge on any atom is -0.0355 e. The first kappa shape index (κ1) is 28.0. The largest absolute Gasteiger partial charge is 0.0651 e. The summed E-state index contributed by atoms with van der Waals surface area (Å²) in [4.78, 5) is 0. The highest BCUT2D eigenvalue weighted by Gasteiger charge is 2.33. The highest BCUT2D eigenvalue weighted by Crippen LogP contribution is 2.44. The minimum atomic E-state index is 0.833. The molecule has 0 spiro atoms. The normalized spacial score (nSPS) is 23.0. The minimum absolute atomic E-state index is 0.833. The lowest BCUT2D eigenvalue weighted by atomic mass is 9.74. The lowest BCUT2D eigenvalue weighted by molar-refractivity contribution is 0.182. The fraction of sp³-hybridized carbons (Fsp3) is 1.00. The summed E-state index contributed by atoms with van der Waals surface area (Å²) >= 11 is 0. The topological polar surface area (TPSA) is 0 Å². The highest BCUT2D eigenvalue weighted by molar-refractivity contribution is 4.84. The average Bonchev–Trinajstić information content (AvgIpc) is 3.05. The Hall–Kier alpha value is 0. The van der Waals surface area contributed by atoms with Gasteiger partial charge in [-0.3, -0.25) is 0 Å². The van der Waals surface area contributed by atoms with Crippen LogP contribution in [-0.2, 0) is 0 Å². The third-order valence-corrected chi connectivity index (χ3v) is 7.31. The molecule has 28 heavy (non-hydrogen) atoms. The molecule has 0 heterocycles. The summed E-state index contributed by atoms with van der Waals surface area (Å²) < 4.78 is 0. The maximum atomic E-state index is 2.50. The van der Waals surface area contributed by atoms with Gasteiger partial charge in [0.1, 0.15) is 0 Å². The molecule has 0 amide bonds. The molecule has 1 rings (SSSR count). The SMILES string of the molecule is CC(C)C.CCC(C)C(CCCC1CCCC1C(CC)C(C)C)CCC(C)C. The van der Waals surface area contributed by atoms with Crippen molar-refractivity contribution in [2.24, 2.45) is 47.3 Å². The molecule has 5 atom stereocenters. The van der Waals surface area contributed by atoms with Gasteiger partial charge in [0.25, 0.3) is 0 Å². The maximum absolute atomic E-state index is 2.50. The van der Waals surface area contributed by atoms with E-state index in [-0.39, 0.29) is 0 Å². The summed E-state index contributed by atoms with van der Waals surface area (Å²) in [5, 5.41) is 0. The summed E-state index contributed by atoms with van der Waals surface area (Å²) in [6.45, 7) is 23.5. The van der Waals surface area contributed by atoms with Gasteiger partial charge in [0, 0.05) is 0 Å². The van der Waals surface area contributed by atoms with Gasteiger partial charge < -0.3 is 0 Å². The van der Waals surface area contributed by atoms with E-state index in [0.29, 0.717) is 0 Å². The van der Waals surface area contributed by atoms with Crippen molar-refractivity contribution in [3.63, 3.8) is 0 Å². The smallest absolute Gasteiger partial charge is 0.0355 e. The van der Waals surface area contributed by atoms with Crippen molar-refractivity contribution < 1.29 is 0 Å². The molecular formula is C28H58. The fourth-order valence-electron chi connectivity index (χ4n) is 5.49. The lowest BCUT2D eigenvalue weighted by Gasteiger charge is -2.31. The molecule has 0 aromatic rings. The second-order valence-corrected chi connectivity index (χ2v) is 11.5. The van der Waals surface area contributed by atoms with Gasteiger partial charge in [-0.1, -0.05) is 121 Å². The number of hydrogen-bond donors (Lipinski definition) is 0. The molecule has 0 N–H and O–H groups in total. The van der Waals surface area contributed by atoms with Crippen LogP contribution in [0.1, 0.15) is 133 Å². The van der Waals surface area contributed by atoms with Crippen LogP contribution in [0.4, 0.5) is 0 Å². The molecule has 0 saturated heterocycles. The van der Waals surface area contributed by atoms with Gasteiger partial charge in [-0.05, 0) is 60.2 Å². The Kier molecular flexibility index (Phi) is 15.8. The zero-order valence-electron chi connectivity index (χ0n) is 21.7. The van der Waals surface area contributed by atoms with Crippen molar-refractivity contribution >= 4 is 0 Å². The van der Waals surface area contributed by atoms with Crippen LogP contribution < -0.4 is 0 Å². The summed E-state index contributed by atoms with van der Waals surface area (Å²) in [6, 6.07) is 0. The molecule has 0 aromatic heterocycles. The molecule has 170 valence electrons. The highest BCUT2D eigenvalue weighted by atomic mass is 14.4. The standard InChI is InChI=1S/C24H48.C4H10/c1-8-20(7)21(17-16-18(3)4)12-10-13-22-14-11-15-24(22)23(9-2)19(5)6;1-4(2)3/h18-24H,8-17H2,1-7H3;4H,1-3H3. The van der Waals surface area contributed by atoms with Crippen molar-refractivity contribution in [2.75, 3.05) is 0 Å². The van der Waals surface area contributed by atoms with E-state index < -0.39 is 0 Å². The average molecular weight is 395 g/mol. The predicted octanol–water partition coefficient (Wildman–Crippen LogP) is 10.0. The Balaban J connectivity index is 0.00000165. The first-order chi connectivity index (χ1) is 13.1. The van der Waals surface area contributed by atoms with Crippen LogP contribution in [0.25, 0.3) is 0 Å². The van der Waals surface area contributed by atoms with Gasteiger partial charge in [0.05, 0.1) is 0 Å². The Labute approximate surface area is 181 Å². The quantitative estimate of drug-likeness (QED) is 0.309. The summed E-state index contributed by atoms with van der Waals surface area (Å²) in [5.74, 6) is 7.52. The summed E-state index contributed by atoms with van der Waals surface area (Å²) in [6.07, 6.45) is 14.7.